The van der Waals surface area contributed by atoms with Gasteiger partial charge in [0.2, 0.25) is 5.91 Å². The Balaban J connectivity index is 1.46. The van der Waals surface area contributed by atoms with E-state index in [1.807, 2.05) is 45.0 Å². The molecule has 2 atom stereocenters. The van der Waals surface area contributed by atoms with Gasteiger partial charge in [-0.2, -0.15) is 0 Å². The highest BCUT2D eigenvalue weighted by Gasteiger charge is 2.25. The number of benzene rings is 2. The van der Waals surface area contributed by atoms with Gasteiger partial charge in [-0.05, 0) is 49.4 Å². The maximum absolute atomic E-state index is 12.5. The lowest BCUT2D eigenvalue weighted by Gasteiger charge is -2.33. The molecule has 150 valence electrons. The van der Waals surface area contributed by atoms with Crippen molar-refractivity contribution >= 4 is 5.91 Å². The number of hydrogen-bond acceptors (Lipinski definition) is 4. The molecule has 28 heavy (non-hydrogen) atoms. The molecule has 1 aliphatic heterocycles. The van der Waals surface area contributed by atoms with Crippen LogP contribution >= 0.6 is 0 Å². The van der Waals surface area contributed by atoms with E-state index in [1.54, 1.807) is 0 Å². The van der Waals surface area contributed by atoms with Crippen molar-refractivity contribution in [3.63, 3.8) is 0 Å². The van der Waals surface area contributed by atoms with E-state index >= 15 is 0 Å². The highest BCUT2D eigenvalue weighted by atomic mass is 16.5. The van der Waals surface area contributed by atoms with Crippen molar-refractivity contribution in [2.45, 2.75) is 45.9 Å². The molecule has 1 amide bonds. The summed E-state index contributed by atoms with van der Waals surface area (Å²) in [6.07, 6.45) is 0.206. The lowest BCUT2D eigenvalue weighted by Crippen LogP contribution is -2.48. The predicted molar refractivity (Wildman–Crippen MR) is 110 cm³/mol. The first-order valence-corrected chi connectivity index (χ1v) is 9.91. The summed E-state index contributed by atoms with van der Waals surface area (Å²) in [6, 6.07) is 14.1. The Morgan fingerprint density at radius 2 is 1.82 bits per heavy atom. The zero-order valence-corrected chi connectivity index (χ0v) is 16.9. The summed E-state index contributed by atoms with van der Waals surface area (Å²) in [7, 11) is 0. The molecule has 0 aliphatic carbocycles. The third-order valence-electron chi connectivity index (χ3n) is 5.43. The number of rotatable bonds is 7. The van der Waals surface area contributed by atoms with Crippen LogP contribution in [-0.4, -0.2) is 47.8 Å². The fourth-order valence-electron chi connectivity index (χ4n) is 3.65. The summed E-state index contributed by atoms with van der Waals surface area (Å²) in [5, 5.41) is 13.1. The van der Waals surface area contributed by atoms with Gasteiger partial charge >= 0.3 is 0 Å². The van der Waals surface area contributed by atoms with Crippen LogP contribution in [0.3, 0.4) is 0 Å². The van der Waals surface area contributed by atoms with Crippen LogP contribution in [0.15, 0.2) is 42.5 Å². The second-order valence-electron chi connectivity index (χ2n) is 7.60. The third-order valence-corrected chi connectivity index (χ3v) is 5.43. The van der Waals surface area contributed by atoms with Gasteiger partial charge in [-0.15, -0.1) is 0 Å². The van der Waals surface area contributed by atoms with Gasteiger partial charge in [0, 0.05) is 19.6 Å². The molecule has 0 saturated heterocycles. The Hall–Kier alpha value is -2.37. The summed E-state index contributed by atoms with van der Waals surface area (Å²) in [5.74, 6) is 0.735. The maximum Gasteiger partial charge on any atom is 0.237 e. The fourth-order valence-corrected chi connectivity index (χ4v) is 3.65. The van der Waals surface area contributed by atoms with Crippen molar-refractivity contribution in [2.24, 2.45) is 0 Å². The Kier molecular flexibility index (Phi) is 6.70. The maximum atomic E-state index is 12.5. The first-order valence-electron chi connectivity index (χ1n) is 9.91. The molecule has 0 saturated carbocycles. The largest absolute Gasteiger partial charge is 0.490 e. The number of nitrogens with zero attached hydrogens (tertiary/aromatic N) is 1. The average molecular weight is 383 g/mol. The highest BCUT2D eigenvalue weighted by Crippen LogP contribution is 2.22. The number of hydrogen-bond donors (Lipinski definition) is 2. The molecular weight excluding hydrogens is 352 g/mol. The van der Waals surface area contributed by atoms with E-state index in [0.29, 0.717) is 0 Å². The predicted octanol–water partition coefficient (Wildman–Crippen LogP) is 2.61. The van der Waals surface area contributed by atoms with Crippen LogP contribution in [-0.2, 0) is 17.8 Å². The molecule has 2 aromatic carbocycles. The number of carbonyl (C=O) groups excluding carboxylic acids is 1. The van der Waals surface area contributed by atoms with E-state index < -0.39 is 6.10 Å². The summed E-state index contributed by atoms with van der Waals surface area (Å²) < 4.78 is 5.77. The highest BCUT2D eigenvalue weighted by molar-refractivity contribution is 5.81. The van der Waals surface area contributed by atoms with E-state index in [0.717, 1.165) is 36.4 Å². The molecule has 0 radical (unpaired) electrons. The molecule has 0 spiro atoms. The van der Waals surface area contributed by atoms with Crippen LogP contribution in [0.2, 0.25) is 0 Å². The third kappa shape index (κ3) is 4.91. The lowest BCUT2D eigenvalue weighted by molar-refractivity contribution is -0.126. The minimum absolute atomic E-state index is 0.0643. The molecule has 0 fully saturated rings. The summed E-state index contributed by atoms with van der Waals surface area (Å²) in [4.78, 5) is 14.7. The number of ether oxygens (including phenoxy) is 1. The zero-order chi connectivity index (χ0) is 20.1. The monoisotopic (exact) mass is 382 g/mol. The second kappa shape index (κ2) is 9.22. The summed E-state index contributed by atoms with van der Waals surface area (Å²) >= 11 is 0. The lowest BCUT2D eigenvalue weighted by atomic mass is 9.99. The van der Waals surface area contributed by atoms with E-state index in [1.165, 1.54) is 11.1 Å². The van der Waals surface area contributed by atoms with Crippen molar-refractivity contribution in [1.82, 2.24) is 10.2 Å². The van der Waals surface area contributed by atoms with E-state index in [9.17, 15) is 9.90 Å². The molecule has 0 bridgehead atoms. The standard InChI is InChI=1S/C23H30N2O3/c1-16-7-6-8-17(2)22(16)28-15-21(26)13-24-23(27)18(3)25-12-11-19-9-4-5-10-20(19)14-25/h4-10,18,21,26H,11-15H2,1-3H3,(H,24,27). The van der Waals surface area contributed by atoms with Crippen molar-refractivity contribution < 1.29 is 14.6 Å². The molecular formula is C23H30N2O3. The van der Waals surface area contributed by atoms with Crippen LogP contribution in [0.25, 0.3) is 0 Å². The van der Waals surface area contributed by atoms with Gasteiger partial charge in [-0.1, -0.05) is 42.5 Å². The summed E-state index contributed by atoms with van der Waals surface area (Å²) in [6.45, 7) is 7.86. The number of aliphatic hydroxyl groups excluding tert-OH is 1. The first-order chi connectivity index (χ1) is 13.5. The van der Waals surface area contributed by atoms with Crippen molar-refractivity contribution in [1.29, 1.82) is 0 Å². The summed E-state index contributed by atoms with van der Waals surface area (Å²) in [5.41, 5.74) is 4.73. The molecule has 2 aromatic rings. The van der Waals surface area contributed by atoms with Gasteiger partial charge < -0.3 is 15.2 Å². The molecule has 5 heteroatoms. The van der Waals surface area contributed by atoms with Gasteiger partial charge in [0.15, 0.2) is 0 Å². The Morgan fingerprint density at radius 1 is 1.14 bits per heavy atom. The molecule has 1 heterocycles. The van der Waals surface area contributed by atoms with Crippen molar-refractivity contribution in [2.75, 3.05) is 19.7 Å². The van der Waals surface area contributed by atoms with Crippen molar-refractivity contribution in [3.05, 3.63) is 64.7 Å². The van der Waals surface area contributed by atoms with Gasteiger partial charge in [-0.3, -0.25) is 9.69 Å². The number of para-hydroxylation sites is 1. The van der Waals surface area contributed by atoms with Gasteiger partial charge in [0.05, 0.1) is 6.04 Å². The molecule has 2 N–H and O–H groups in total. The number of aryl methyl sites for hydroxylation is 2. The average Bonchev–Trinajstić information content (AvgIpc) is 2.70. The van der Waals surface area contributed by atoms with E-state index in [-0.39, 0.29) is 25.1 Å². The molecule has 3 rings (SSSR count). The molecule has 1 aliphatic rings. The van der Waals surface area contributed by atoms with Gasteiger partial charge in [0.25, 0.3) is 0 Å². The quantitative estimate of drug-likeness (QED) is 0.773. The topological polar surface area (TPSA) is 61.8 Å². The van der Waals surface area contributed by atoms with E-state index in [2.05, 4.69) is 28.4 Å². The smallest absolute Gasteiger partial charge is 0.237 e. The van der Waals surface area contributed by atoms with E-state index in [4.69, 9.17) is 4.74 Å². The van der Waals surface area contributed by atoms with Gasteiger partial charge in [0.1, 0.15) is 18.5 Å². The number of nitrogens with one attached hydrogen (secondary N) is 1. The number of amides is 1. The van der Waals surface area contributed by atoms with Crippen LogP contribution in [0.1, 0.15) is 29.2 Å². The molecule has 5 nitrogen and oxygen atoms in total. The Morgan fingerprint density at radius 3 is 2.54 bits per heavy atom. The number of fused-ring (bicyclic) bond motifs is 1. The van der Waals surface area contributed by atoms with Gasteiger partial charge in [-0.25, -0.2) is 0 Å². The first kappa shape index (κ1) is 20.4. The van der Waals surface area contributed by atoms with Crippen LogP contribution in [0.5, 0.6) is 5.75 Å². The molecule has 2 unspecified atom stereocenters. The van der Waals surface area contributed by atoms with Crippen LogP contribution in [0.4, 0.5) is 0 Å². The second-order valence-corrected chi connectivity index (χ2v) is 7.60. The Labute approximate surface area is 167 Å². The number of carbonyl (C=O) groups is 1. The van der Waals surface area contributed by atoms with Crippen molar-refractivity contribution in [3.8, 4) is 5.75 Å². The number of aliphatic hydroxyl groups is 1. The van der Waals surface area contributed by atoms with Crippen LogP contribution in [0, 0.1) is 13.8 Å². The fraction of sp³-hybridized carbons (Fsp3) is 0.435. The molecule has 0 aromatic heterocycles. The SMILES string of the molecule is Cc1cccc(C)c1OCC(O)CNC(=O)C(C)N1CCc2ccccc2C1. The minimum Gasteiger partial charge on any atom is -0.490 e. The van der Waals surface area contributed by atoms with Crippen LogP contribution < -0.4 is 10.1 Å². The minimum atomic E-state index is -0.753. The zero-order valence-electron chi connectivity index (χ0n) is 16.9. The Bertz CT molecular complexity index is 801. The normalized spacial score (nSPS) is 16.1.